The van der Waals surface area contributed by atoms with Gasteiger partial charge in [-0.3, -0.25) is 4.79 Å². The van der Waals surface area contributed by atoms with Crippen LogP contribution in [0.25, 0.3) is 11.5 Å². The van der Waals surface area contributed by atoms with Crippen LogP contribution >= 0.6 is 11.8 Å². The van der Waals surface area contributed by atoms with Gasteiger partial charge < -0.3 is 18.6 Å². The summed E-state index contributed by atoms with van der Waals surface area (Å²) in [5.41, 5.74) is 0.894. The van der Waals surface area contributed by atoms with Crippen molar-refractivity contribution < 1.29 is 27.8 Å². The second-order valence-corrected chi connectivity index (χ2v) is 6.43. The van der Waals surface area contributed by atoms with Crippen LogP contribution in [0, 0.1) is 5.82 Å². The summed E-state index contributed by atoms with van der Waals surface area (Å²) in [6, 6.07) is 9.26. The van der Waals surface area contributed by atoms with E-state index in [-0.39, 0.29) is 34.0 Å². The lowest BCUT2D eigenvalue weighted by Crippen LogP contribution is -2.03. The number of rotatable bonds is 8. The lowest BCUT2D eigenvalue weighted by Gasteiger charge is -2.07. The summed E-state index contributed by atoms with van der Waals surface area (Å²) >= 11 is 1.07. The third-order valence-corrected chi connectivity index (χ3v) is 4.66. The summed E-state index contributed by atoms with van der Waals surface area (Å²) in [5.74, 6) is 0.650. The molecule has 0 unspecified atom stereocenters. The second kappa shape index (κ2) is 8.75. The largest absolute Gasteiger partial charge is 0.494 e. The maximum absolute atomic E-state index is 13.7. The van der Waals surface area contributed by atoms with Gasteiger partial charge in [0.1, 0.15) is 0 Å². The summed E-state index contributed by atoms with van der Waals surface area (Å²) in [6.07, 6.45) is 0. The minimum Gasteiger partial charge on any atom is -0.494 e. The monoisotopic (exact) mass is 404 g/mol. The number of Topliss-reactive ketones (excluding diaryl/α,β-unsaturated/α-hetero) is 1. The van der Waals surface area contributed by atoms with Gasteiger partial charge in [-0.1, -0.05) is 11.8 Å². The standard InChI is InChI=1S/C19H17FN2O5S/c1-24-15-6-4-11(8-13(15)20)14(23)10-28-19-22-21-18(27-19)12-5-7-16(25-2)17(9-12)26-3/h4-9H,10H2,1-3H3. The Balaban J connectivity index is 1.68. The van der Waals surface area contributed by atoms with Gasteiger partial charge in [0.05, 0.1) is 27.1 Å². The maximum atomic E-state index is 13.7. The van der Waals surface area contributed by atoms with E-state index in [1.165, 1.54) is 26.4 Å². The van der Waals surface area contributed by atoms with Crippen LogP contribution in [0.15, 0.2) is 46.0 Å². The van der Waals surface area contributed by atoms with Crippen molar-refractivity contribution in [2.75, 3.05) is 27.1 Å². The molecule has 0 aliphatic heterocycles. The van der Waals surface area contributed by atoms with Gasteiger partial charge in [0.2, 0.25) is 5.89 Å². The molecular formula is C19H17FN2O5S. The zero-order valence-corrected chi connectivity index (χ0v) is 16.2. The first kappa shape index (κ1) is 19.7. The molecule has 1 aromatic heterocycles. The predicted octanol–water partition coefficient (Wildman–Crippen LogP) is 3.88. The van der Waals surface area contributed by atoms with E-state index in [1.54, 1.807) is 25.3 Å². The van der Waals surface area contributed by atoms with Crippen LogP contribution in [0.2, 0.25) is 0 Å². The van der Waals surface area contributed by atoms with Crippen LogP contribution in [0.4, 0.5) is 4.39 Å². The minimum absolute atomic E-state index is 0.0271. The van der Waals surface area contributed by atoms with Crippen molar-refractivity contribution in [1.82, 2.24) is 10.2 Å². The van der Waals surface area contributed by atoms with Gasteiger partial charge in [-0.2, -0.15) is 0 Å². The van der Waals surface area contributed by atoms with E-state index in [0.717, 1.165) is 17.8 Å². The van der Waals surface area contributed by atoms with E-state index in [9.17, 15) is 9.18 Å². The van der Waals surface area contributed by atoms with Crippen molar-refractivity contribution in [2.24, 2.45) is 0 Å². The van der Waals surface area contributed by atoms with E-state index < -0.39 is 5.82 Å². The van der Waals surface area contributed by atoms with Crippen LogP contribution in [-0.2, 0) is 0 Å². The minimum atomic E-state index is -0.591. The van der Waals surface area contributed by atoms with E-state index in [2.05, 4.69) is 10.2 Å². The second-order valence-electron chi connectivity index (χ2n) is 5.50. The highest BCUT2D eigenvalue weighted by molar-refractivity contribution is 7.99. The third kappa shape index (κ3) is 4.25. The Hall–Kier alpha value is -3.07. The fraction of sp³-hybridized carbons (Fsp3) is 0.211. The number of thioether (sulfide) groups is 1. The average Bonchev–Trinajstić information content (AvgIpc) is 3.20. The van der Waals surface area contributed by atoms with Crippen molar-refractivity contribution in [1.29, 1.82) is 0 Å². The molecule has 28 heavy (non-hydrogen) atoms. The van der Waals surface area contributed by atoms with E-state index in [0.29, 0.717) is 17.1 Å². The Morgan fingerprint density at radius 1 is 1.00 bits per heavy atom. The summed E-state index contributed by atoms with van der Waals surface area (Å²) in [4.78, 5) is 12.3. The molecule has 0 aliphatic carbocycles. The number of halogens is 1. The molecule has 0 bridgehead atoms. The average molecular weight is 404 g/mol. The summed E-state index contributed by atoms with van der Waals surface area (Å²) in [6.45, 7) is 0. The molecule has 2 aromatic carbocycles. The predicted molar refractivity (Wildman–Crippen MR) is 101 cm³/mol. The zero-order chi connectivity index (χ0) is 20.1. The smallest absolute Gasteiger partial charge is 0.277 e. The van der Waals surface area contributed by atoms with E-state index in [4.69, 9.17) is 18.6 Å². The van der Waals surface area contributed by atoms with E-state index in [1.807, 2.05) is 0 Å². The molecule has 0 spiro atoms. The highest BCUT2D eigenvalue weighted by Crippen LogP contribution is 2.32. The van der Waals surface area contributed by atoms with Crippen LogP contribution < -0.4 is 14.2 Å². The number of nitrogens with zero attached hydrogens (tertiary/aromatic N) is 2. The topological polar surface area (TPSA) is 83.7 Å². The van der Waals surface area contributed by atoms with Crippen LogP contribution in [0.1, 0.15) is 10.4 Å². The van der Waals surface area contributed by atoms with Crippen LogP contribution in [0.3, 0.4) is 0 Å². The molecule has 0 radical (unpaired) electrons. The molecule has 0 atom stereocenters. The number of hydrogen-bond acceptors (Lipinski definition) is 8. The molecule has 146 valence electrons. The molecule has 0 saturated carbocycles. The van der Waals surface area contributed by atoms with Gasteiger partial charge in [0.15, 0.2) is 28.8 Å². The van der Waals surface area contributed by atoms with Crippen molar-refractivity contribution in [3.8, 4) is 28.7 Å². The van der Waals surface area contributed by atoms with Crippen molar-refractivity contribution in [3.05, 3.63) is 47.8 Å². The van der Waals surface area contributed by atoms with Crippen molar-refractivity contribution in [3.63, 3.8) is 0 Å². The Labute approximate surface area is 164 Å². The van der Waals surface area contributed by atoms with Gasteiger partial charge >= 0.3 is 0 Å². The number of methoxy groups -OCH3 is 3. The lowest BCUT2D eigenvalue weighted by molar-refractivity contribution is 0.102. The Kier molecular flexibility index (Phi) is 6.15. The summed E-state index contributed by atoms with van der Waals surface area (Å²) in [7, 11) is 4.44. The number of carbonyl (C=O) groups excluding carboxylic acids is 1. The number of ketones is 1. The molecular weight excluding hydrogens is 387 g/mol. The van der Waals surface area contributed by atoms with Crippen LogP contribution in [-0.4, -0.2) is 43.1 Å². The maximum Gasteiger partial charge on any atom is 0.277 e. The molecule has 0 amide bonds. The highest BCUT2D eigenvalue weighted by Gasteiger charge is 2.15. The zero-order valence-electron chi connectivity index (χ0n) is 15.4. The Morgan fingerprint density at radius 3 is 2.39 bits per heavy atom. The number of ether oxygens (including phenoxy) is 3. The number of benzene rings is 2. The summed E-state index contributed by atoms with van der Waals surface area (Å²) < 4.78 is 34.6. The number of hydrogen-bond donors (Lipinski definition) is 0. The fourth-order valence-electron chi connectivity index (χ4n) is 2.40. The molecule has 0 aliphatic rings. The molecule has 0 N–H and O–H groups in total. The normalized spacial score (nSPS) is 10.6. The first-order valence-electron chi connectivity index (χ1n) is 8.11. The fourth-order valence-corrected chi connectivity index (χ4v) is 3.06. The highest BCUT2D eigenvalue weighted by atomic mass is 32.2. The molecule has 0 fully saturated rings. The van der Waals surface area contributed by atoms with Gasteiger partial charge in [0.25, 0.3) is 5.22 Å². The van der Waals surface area contributed by atoms with Gasteiger partial charge in [0, 0.05) is 11.1 Å². The van der Waals surface area contributed by atoms with E-state index >= 15 is 0 Å². The van der Waals surface area contributed by atoms with Crippen LogP contribution in [0.5, 0.6) is 17.2 Å². The Morgan fingerprint density at radius 2 is 1.71 bits per heavy atom. The molecule has 9 heteroatoms. The molecule has 0 saturated heterocycles. The Bertz CT molecular complexity index is 992. The van der Waals surface area contributed by atoms with Crippen molar-refractivity contribution in [2.45, 2.75) is 5.22 Å². The van der Waals surface area contributed by atoms with Gasteiger partial charge in [-0.25, -0.2) is 4.39 Å². The number of aromatic nitrogens is 2. The lowest BCUT2D eigenvalue weighted by atomic mass is 10.1. The molecule has 3 rings (SSSR count). The first-order valence-corrected chi connectivity index (χ1v) is 9.09. The molecule has 1 heterocycles. The molecule has 3 aromatic rings. The third-order valence-electron chi connectivity index (χ3n) is 3.84. The molecule has 7 nitrogen and oxygen atoms in total. The first-order chi connectivity index (χ1) is 13.5. The number of carbonyl (C=O) groups is 1. The van der Waals surface area contributed by atoms with Gasteiger partial charge in [-0.05, 0) is 36.4 Å². The quantitative estimate of drug-likeness (QED) is 0.413. The van der Waals surface area contributed by atoms with Crippen molar-refractivity contribution >= 4 is 17.5 Å². The van der Waals surface area contributed by atoms with Gasteiger partial charge in [-0.15, -0.1) is 10.2 Å². The SMILES string of the molecule is COc1ccc(C(=O)CSc2nnc(-c3ccc(OC)c(OC)c3)o2)cc1F. The summed E-state index contributed by atoms with van der Waals surface area (Å²) in [5, 5.41) is 8.14.